The molecule has 1 saturated heterocycles. The van der Waals surface area contributed by atoms with Crippen molar-refractivity contribution in [2.24, 2.45) is 0 Å². The molecule has 2 aromatic heterocycles. The minimum absolute atomic E-state index is 0.0201. The van der Waals surface area contributed by atoms with E-state index in [4.69, 9.17) is 4.74 Å². The second-order valence-electron chi connectivity index (χ2n) is 7.20. The van der Waals surface area contributed by atoms with Crippen LogP contribution in [-0.4, -0.2) is 45.1 Å². The van der Waals surface area contributed by atoms with Crippen molar-refractivity contribution in [3.63, 3.8) is 0 Å². The van der Waals surface area contributed by atoms with Crippen LogP contribution in [-0.2, 0) is 4.79 Å². The fourth-order valence-corrected chi connectivity index (χ4v) is 3.59. The summed E-state index contributed by atoms with van der Waals surface area (Å²) in [6.45, 7) is 5.59. The first-order valence-electron chi connectivity index (χ1n) is 9.39. The van der Waals surface area contributed by atoms with Crippen LogP contribution in [0.5, 0.6) is 5.75 Å². The van der Waals surface area contributed by atoms with E-state index in [0.717, 1.165) is 42.2 Å². The van der Waals surface area contributed by atoms with E-state index in [1.165, 1.54) is 5.56 Å². The first-order valence-corrected chi connectivity index (χ1v) is 9.39. The average Bonchev–Trinajstić information content (AvgIpc) is 3.13. The number of aryl methyl sites for hydroxylation is 2. The van der Waals surface area contributed by atoms with Gasteiger partial charge in [0.05, 0.1) is 0 Å². The number of likely N-dealkylation sites (tertiary alicyclic amines) is 1. The molecule has 140 valence electrons. The number of fused-ring (bicyclic) bond motifs is 1. The Kier molecular flexibility index (Phi) is 4.79. The van der Waals surface area contributed by atoms with Crippen LogP contribution in [0.25, 0.3) is 5.65 Å². The van der Waals surface area contributed by atoms with Crippen LogP contribution in [0.1, 0.15) is 35.7 Å². The summed E-state index contributed by atoms with van der Waals surface area (Å²) in [6, 6.07) is 11.8. The molecule has 3 heterocycles. The van der Waals surface area contributed by atoms with Crippen molar-refractivity contribution in [3.05, 3.63) is 59.5 Å². The fourth-order valence-electron chi connectivity index (χ4n) is 3.59. The third kappa shape index (κ3) is 3.65. The molecule has 27 heavy (non-hydrogen) atoms. The van der Waals surface area contributed by atoms with Gasteiger partial charge in [-0.25, -0.2) is 0 Å². The van der Waals surface area contributed by atoms with Gasteiger partial charge < -0.3 is 9.64 Å². The number of hydrogen-bond acceptors (Lipinski definition) is 4. The Morgan fingerprint density at radius 1 is 1.19 bits per heavy atom. The third-order valence-corrected chi connectivity index (χ3v) is 5.32. The summed E-state index contributed by atoms with van der Waals surface area (Å²) in [7, 11) is 0. The lowest BCUT2D eigenvalue weighted by Gasteiger charge is -2.32. The molecule has 0 saturated carbocycles. The zero-order chi connectivity index (χ0) is 18.8. The zero-order valence-electron chi connectivity index (χ0n) is 15.8. The maximum absolute atomic E-state index is 12.7. The predicted molar refractivity (Wildman–Crippen MR) is 103 cm³/mol. The van der Waals surface area contributed by atoms with E-state index in [2.05, 4.69) is 17.1 Å². The molecule has 6 heteroatoms. The Morgan fingerprint density at radius 2 is 2.07 bits per heavy atom. The van der Waals surface area contributed by atoms with Crippen molar-refractivity contribution in [3.8, 4) is 5.75 Å². The van der Waals surface area contributed by atoms with Crippen molar-refractivity contribution in [2.75, 3.05) is 19.7 Å². The summed E-state index contributed by atoms with van der Waals surface area (Å²) >= 11 is 0. The fraction of sp³-hybridized carbons (Fsp3) is 0.381. The Morgan fingerprint density at radius 3 is 2.93 bits per heavy atom. The Labute approximate surface area is 158 Å². The molecule has 1 amide bonds. The normalized spacial score (nSPS) is 17.3. The van der Waals surface area contributed by atoms with Gasteiger partial charge in [-0.3, -0.25) is 9.20 Å². The summed E-state index contributed by atoms with van der Waals surface area (Å²) < 4.78 is 7.75. The first-order chi connectivity index (χ1) is 13.1. The van der Waals surface area contributed by atoms with Crippen LogP contribution in [0.15, 0.2) is 42.6 Å². The second-order valence-corrected chi connectivity index (χ2v) is 7.20. The number of rotatable bonds is 4. The molecule has 1 aromatic carbocycles. The van der Waals surface area contributed by atoms with Crippen LogP contribution in [0.2, 0.25) is 0 Å². The highest BCUT2D eigenvalue weighted by Gasteiger charge is 2.28. The smallest absolute Gasteiger partial charge is 0.260 e. The number of carbonyl (C=O) groups excluding carboxylic acids is 1. The highest BCUT2D eigenvalue weighted by molar-refractivity contribution is 5.78. The average molecular weight is 364 g/mol. The van der Waals surface area contributed by atoms with Gasteiger partial charge in [-0.1, -0.05) is 12.1 Å². The number of piperidine rings is 1. The molecule has 1 aliphatic rings. The lowest BCUT2D eigenvalue weighted by molar-refractivity contribution is -0.134. The molecular formula is C21H24N4O2. The van der Waals surface area contributed by atoms with E-state index >= 15 is 0 Å². The van der Waals surface area contributed by atoms with Crippen molar-refractivity contribution in [1.29, 1.82) is 0 Å². The molecule has 1 aliphatic heterocycles. The maximum atomic E-state index is 12.7. The number of pyridine rings is 1. The molecule has 0 aliphatic carbocycles. The SMILES string of the molecule is Cc1ccc(OCC(=O)N2CCCC(c3nnc4ccccn34)C2)cc1C. The predicted octanol–water partition coefficient (Wildman–Crippen LogP) is 3.13. The quantitative estimate of drug-likeness (QED) is 0.714. The topological polar surface area (TPSA) is 59.7 Å². The van der Waals surface area contributed by atoms with Crippen LogP contribution in [0.4, 0.5) is 0 Å². The summed E-state index contributed by atoms with van der Waals surface area (Å²) in [6.07, 6.45) is 3.95. The van der Waals surface area contributed by atoms with Gasteiger partial charge in [0.2, 0.25) is 0 Å². The second kappa shape index (κ2) is 7.39. The lowest BCUT2D eigenvalue weighted by Crippen LogP contribution is -2.42. The molecule has 4 rings (SSSR count). The van der Waals surface area contributed by atoms with Crippen molar-refractivity contribution in [2.45, 2.75) is 32.6 Å². The Bertz CT molecular complexity index is 966. The standard InChI is InChI=1S/C21H24N4O2/c1-15-8-9-18(12-16(15)2)27-14-20(26)24-10-5-6-17(13-24)21-23-22-19-7-3-4-11-25(19)21/h3-4,7-9,11-12,17H,5-6,10,13-14H2,1-2H3. The summed E-state index contributed by atoms with van der Waals surface area (Å²) in [5.74, 6) is 1.88. The largest absolute Gasteiger partial charge is 0.484 e. The summed E-state index contributed by atoms with van der Waals surface area (Å²) in [5, 5.41) is 8.61. The van der Waals surface area contributed by atoms with Crippen molar-refractivity contribution >= 4 is 11.6 Å². The summed E-state index contributed by atoms with van der Waals surface area (Å²) in [5.41, 5.74) is 3.22. The number of ether oxygens (including phenoxy) is 1. The van der Waals surface area contributed by atoms with Crippen molar-refractivity contribution < 1.29 is 9.53 Å². The van der Waals surface area contributed by atoms with Gasteiger partial charge in [0.25, 0.3) is 5.91 Å². The van der Waals surface area contributed by atoms with Crippen molar-refractivity contribution in [1.82, 2.24) is 19.5 Å². The maximum Gasteiger partial charge on any atom is 0.260 e. The van der Waals surface area contributed by atoms with Gasteiger partial charge in [-0.15, -0.1) is 10.2 Å². The van der Waals surface area contributed by atoms with Gasteiger partial charge >= 0.3 is 0 Å². The molecule has 1 fully saturated rings. The number of hydrogen-bond donors (Lipinski definition) is 0. The van der Waals surface area contributed by atoms with E-state index in [0.29, 0.717) is 6.54 Å². The van der Waals surface area contributed by atoms with Crippen LogP contribution in [0.3, 0.4) is 0 Å². The first kappa shape index (κ1) is 17.5. The molecule has 6 nitrogen and oxygen atoms in total. The van der Waals surface area contributed by atoms with Gasteiger partial charge in [0, 0.05) is 25.2 Å². The molecule has 0 spiro atoms. The monoisotopic (exact) mass is 364 g/mol. The van der Waals surface area contributed by atoms with Gasteiger partial charge in [-0.05, 0) is 62.1 Å². The summed E-state index contributed by atoms with van der Waals surface area (Å²) in [4.78, 5) is 14.5. The molecule has 1 atom stereocenters. The van der Waals surface area contributed by atoms with E-state index in [-0.39, 0.29) is 18.4 Å². The van der Waals surface area contributed by atoms with Gasteiger partial charge in [0.1, 0.15) is 11.6 Å². The number of benzene rings is 1. The van der Waals surface area contributed by atoms with E-state index in [1.807, 2.05) is 58.8 Å². The number of aromatic nitrogens is 3. The highest BCUT2D eigenvalue weighted by Crippen LogP contribution is 2.26. The minimum Gasteiger partial charge on any atom is -0.484 e. The number of carbonyl (C=O) groups is 1. The third-order valence-electron chi connectivity index (χ3n) is 5.32. The Hall–Kier alpha value is -2.89. The van der Waals surface area contributed by atoms with Crippen LogP contribution in [0, 0.1) is 13.8 Å². The minimum atomic E-state index is 0.0201. The number of amides is 1. The van der Waals surface area contributed by atoms with E-state index in [1.54, 1.807) is 0 Å². The lowest BCUT2D eigenvalue weighted by atomic mass is 9.97. The molecule has 0 bridgehead atoms. The molecular weight excluding hydrogens is 340 g/mol. The van der Waals surface area contributed by atoms with E-state index in [9.17, 15) is 4.79 Å². The van der Waals surface area contributed by atoms with Crippen LogP contribution >= 0.6 is 0 Å². The van der Waals surface area contributed by atoms with E-state index < -0.39 is 0 Å². The molecule has 3 aromatic rings. The molecule has 1 unspecified atom stereocenters. The van der Waals surface area contributed by atoms with Gasteiger partial charge in [0.15, 0.2) is 12.3 Å². The van der Waals surface area contributed by atoms with Gasteiger partial charge in [-0.2, -0.15) is 0 Å². The Balaban J connectivity index is 1.41. The van der Waals surface area contributed by atoms with Crippen LogP contribution < -0.4 is 4.74 Å². The number of nitrogens with zero attached hydrogens (tertiary/aromatic N) is 4. The molecule has 0 radical (unpaired) electrons. The highest BCUT2D eigenvalue weighted by atomic mass is 16.5. The zero-order valence-corrected chi connectivity index (χ0v) is 15.8. The molecule has 0 N–H and O–H groups in total.